The molecule has 0 spiro atoms. The molecule has 0 aliphatic carbocycles. The fourth-order valence-electron chi connectivity index (χ4n) is 6.06. The van der Waals surface area contributed by atoms with E-state index in [2.05, 4.69) is 154 Å². The fraction of sp³-hybridized carbons (Fsp3) is 0. The lowest BCUT2D eigenvalue weighted by atomic mass is 9.88. The summed E-state index contributed by atoms with van der Waals surface area (Å²) in [5, 5.41) is 5.20. The Morgan fingerprint density at radius 1 is 0.513 bits per heavy atom. The largest absolute Gasteiger partial charge is 0.309 e. The van der Waals surface area contributed by atoms with Gasteiger partial charge in [0.1, 0.15) is 0 Å². The van der Waals surface area contributed by atoms with Crippen molar-refractivity contribution >= 4 is 69.2 Å². The van der Waals surface area contributed by atoms with Crippen LogP contribution in [-0.2, 0) is 0 Å². The van der Waals surface area contributed by atoms with Gasteiger partial charge in [0.25, 0.3) is 0 Å². The third-order valence-corrected chi connectivity index (χ3v) is 9.36. The van der Waals surface area contributed by atoms with E-state index >= 15 is 0 Å². The van der Waals surface area contributed by atoms with Crippen molar-refractivity contribution in [3.05, 3.63) is 138 Å². The third kappa shape index (κ3) is 3.44. The van der Waals surface area contributed by atoms with Gasteiger partial charge in [0, 0.05) is 52.2 Å². The molecule has 0 aliphatic rings. The predicted octanol–water partition coefficient (Wildman–Crippen LogP) is 11.2. The summed E-state index contributed by atoms with van der Waals surface area (Å²) < 4.78 is 6.19. The van der Waals surface area contributed by atoms with Gasteiger partial charge in [0.15, 0.2) is 0 Å². The van der Waals surface area contributed by atoms with Gasteiger partial charge in [-0.1, -0.05) is 113 Å². The van der Waals surface area contributed by atoms with Crippen molar-refractivity contribution < 1.29 is 0 Å². The minimum Gasteiger partial charge on any atom is -0.309 e. The van der Waals surface area contributed by atoms with Gasteiger partial charge >= 0.3 is 0 Å². The quantitative estimate of drug-likeness (QED) is 0.196. The fourth-order valence-corrected chi connectivity index (χ4v) is 7.60. The number of aromatic nitrogens is 1. The van der Waals surface area contributed by atoms with Gasteiger partial charge in [-0.3, -0.25) is 0 Å². The van der Waals surface area contributed by atoms with Gasteiger partial charge in [-0.2, -0.15) is 0 Å². The zero-order valence-corrected chi connectivity index (χ0v) is 23.3. The Balaban J connectivity index is 1.73. The molecule has 8 rings (SSSR count). The summed E-state index contributed by atoms with van der Waals surface area (Å²) in [6.45, 7) is 0. The molecule has 8 aromatic rings. The first-order valence-corrected chi connectivity index (χ1v) is 14.7. The van der Waals surface area contributed by atoms with Crippen LogP contribution in [0.5, 0.6) is 0 Å². The Morgan fingerprint density at radius 3 is 1.90 bits per heavy atom. The highest BCUT2D eigenvalue weighted by Crippen LogP contribution is 2.52. The molecule has 39 heavy (non-hydrogen) atoms. The molecular formula is C36H22BrNS. The van der Waals surface area contributed by atoms with Crippen LogP contribution in [0.25, 0.3) is 69.9 Å². The van der Waals surface area contributed by atoms with E-state index in [1.807, 2.05) is 11.3 Å². The van der Waals surface area contributed by atoms with Crippen LogP contribution < -0.4 is 0 Å². The summed E-state index contributed by atoms with van der Waals surface area (Å²) in [6.07, 6.45) is 0. The minimum atomic E-state index is 1.09. The van der Waals surface area contributed by atoms with Crippen molar-refractivity contribution in [1.29, 1.82) is 0 Å². The first kappa shape index (κ1) is 22.8. The predicted molar refractivity (Wildman–Crippen MR) is 172 cm³/mol. The Hall–Kier alpha value is -4.18. The number of nitrogens with zero attached hydrogens (tertiary/aromatic N) is 1. The van der Waals surface area contributed by atoms with Crippen molar-refractivity contribution in [2.45, 2.75) is 0 Å². The molecule has 6 aromatic carbocycles. The van der Waals surface area contributed by atoms with Gasteiger partial charge in [-0.15, -0.1) is 11.3 Å². The van der Waals surface area contributed by atoms with Crippen LogP contribution in [0.4, 0.5) is 0 Å². The van der Waals surface area contributed by atoms with Gasteiger partial charge in [0.05, 0.1) is 11.0 Å². The maximum atomic E-state index is 3.66. The molecular weight excluding hydrogens is 558 g/mol. The molecule has 0 N–H and O–H groups in total. The van der Waals surface area contributed by atoms with Crippen LogP contribution in [0.3, 0.4) is 0 Å². The van der Waals surface area contributed by atoms with Gasteiger partial charge in [-0.25, -0.2) is 0 Å². The molecule has 1 nitrogen and oxygen atoms in total. The maximum absolute atomic E-state index is 3.66. The van der Waals surface area contributed by atoms with Crippen molar-refractivity contribution in [2.24, 2.45) is 0 Å². The lowest BCUT2D eigenvalue weighted by Gasteiger charge is -2.16. The monoisotopic (exact) mass is 579 g/mol. The maximum Gasteiger partial charge on any atom is 0.0640 e. The third-order valence-electron chi connectivity index (χ3n) is 7.64. The number of hydrogen-bond acceptors (Lipinski definition) is 1. The van der Waals surface area contributed by atoms with Gasteiger partial charge < -0.3 is 4.57 Å². The Morgan fingerprint density at radius 2 is 1.13 bits per heavy atom. The van der Waals surface area contributed by atoms with Crippen molar-refractivity contribution in [3.63, 3.8) is 0 Å². The molecule has 2 heterocycles. The molecule has 0 saturated heterocycles. The highest BCUT2D eigenvalue weighted by atomic mass is 79.9. The second kappa shape index (κ2) is 8.94. The van der Waals surface area contributed by atoms with Crippen molar-refractivity contribution in [2.75, 3.05) is 0 Å². The highest BCUT2D eigenvalue weighted by molar-refractivity contribution is 9.10. The van der Waals surface area contributed by atoms with E-state index in [-0.39, 0.29) is 0 Å². The molecule has 0 atom stereocenters. The Labute approximate surface area is 238 Å². The SMILES string of the molecule is Brc1ccc(-c2c(-c3ccccc3)c3c4ccccc4n(-c4ccccc4)c3c3c2sc2ccccc23)cc1. The minimum absolute atomic E-state index is 1.09. The van der Waals surface area contributed by atoms with E-state index in [1.54, 1.807) is 0 Å². The van der Waals surface area contributed by atoms with E-state index in [9.17, 15) is 0 Å². The molecule has 0 bridgehead atoms. The molecule has 2 aromatic heterocycles. The van der Waals surface area contributed by atoms with Crippen LogP contribution in [0.2, 0.25) is 0 Å². The molecule has 0 saturated carbocycles. The summed E-state index contributed by atoms with van der Waals surface area (Å²) in [7, 11) is 0. The normalized spacial score (nSPS) is 11.7. The first-order chi connectivity index (χ1) is 19.3. The average molecular weight is 581 g/mol. The second-order valence-corrected chi connectivity index (χ2v) is 11.8. The summed E-state index contributed by atoms with van der Waals surface area (Å²) in [5.74, 6) is 0. The van der Waals surface area contributed by atoms with Crippen molar-refractivity contribution in [3.8, 4) is 27.9 Å². The van der Waals surface area contributed by atoms with Gasteiger partial charge in [-0.05, 0) is 47.5 Å². The van der Waals surface area contributed by atoms with Crippen LogP contribution in [0, 0.1) is 0 Å². The lowest BCUT2D eigenvalue weighted by molar-refractivity contribution is 1.19. The van der Waals surface area contributed by atoms with E-state index < -0.39 is 0 Å². The topological polar surface area (TPSA) is 4.93 Å². The molecule has 0 unspecified atom stereocenters. The highest BCUT2D eigenvalue weighted by Gasteiger charge is 2.26. The van der Waals surface area contributed by atoms with Crippen LogP contribution in [0.1, 0.15) is 0 Å². The van der Waals surface area contributed by atoms with Gasteiger partial charge in [0.2, 0.25) is 0 Å². The number of hydrogen-bond donors (Lipinski definition) is 0. The van der Waals surface area contributed by atoms with Crippen LogP contribution >= 0.6 is 27.3 Å². The van der Waals surface area contributed by atoms with E-state index in [0.29, 0.717) is 0 Å². The molecule has 0 amide bonds. The summed E-state index contributed by atoms with van der Waals surface area (Å²) in [4.78, 5) is 0. The van der Waals surface area contributed by atoms with E-state index in [0.717, 1.165) is 4.47 Å². The van der Waals surface area contributed by atoms with Crippen molar-refractivity contribution in [1.82, 2.24) is 4.57 Å². The lowest BCUT2D eigenvalue weighted by Crippen LogP contribution is -1.95. The van der Waals surface area contributed by atoms with Crippen LogP contribution in [0.15, 0.2) is 138 Å². The number of halogens is 1. The Kier molecular flexibility index (Phi) is 5.22. The second-order valence-electron chi connectivity index (χ2n) is 9.84. The molecule has 0 fully saturated rings. The summed E-state index contributed by atoms with van der Waals surface area (Å²) in [6, 6.07) is 48.2. The molecule has 184 valence electrons. The standard InChI is InChI=1S/C36H22BrNS/c37-25-21-19-24(20-22-25)32-31(23-11-3-1-4-12-23)33-27-15-7-9-17-29(27)38(26-13-5-2-6-14-26)35(33)34-28-16-8-10-18-30(28)39-36(32)34/h1-22H. The average Bonchev–Trinajstić information content (AvgIpc) is 3.54. The zero-order valence-electron chi connectivity index (χ0n) is 20.9. The zero-order chi connectivity index (χ0) is 25.9. The number of benzene rings is 6. The molecule has 3 heteroatoms. The summed E-state index contributed by atoms with van der Waals surface area (Å²) in [5.41, 5.74) is 8.72. The number of para-hydroxylation sites is 2. The smallest absolute Gasteiger partial charge is 0.0640 e. The molecule has 0 radical (unpaired) electrons. The molecule has 0 aliphatic heterocycles. The first-order valence-electron chi connectivity index (χ1n) is 13.1. The Bertz CT molecular complexity index is 2150. The van der Waals surface area contributed by atoms with E-state index in [1.165, 1.54) is 69.9 Å². The van der Waals surface area contributed by atoms with E-state index in [4.69, 9.17) is 0 Å². The number of rotatable bonds is 3. The number of thiophene rings is 1. The summed E-state index contributed by atoms with van der Waals surface area (Å²) >= 11 is 5.56. The van der Waals surface area contributed by atoms with Crippen LogP contribution in [-0.4, -0.2) is 4.57 Å². The number of fused-ring (bicyclic) bond motifs is 7.